The molecule has 3 heteroatoms. The van der Waals surface area contributed by atoms with Crippen molar-refractivity contribution in [3.05, 3.63) is 59.2 Å². The Hall–Kier alpha value is -1.61. The van der Waals surface area contributed by atoms with E-state index in [0.717, 1.165) is 30.3 Å². The lowest BCUT2D eigenvalue weighted by Crippen LogP contribution is -2.18. The number of anilines is 1. The van der Waals surface area contributed by atoms with E-state index < -0.39 is 0 Å². The van der Waals surface area contributed by atoms with Gasteiger partial charge in [-0.1, -0.05) is 24.3 Å². The Kier molecular flexibility index (Phi) is 3.07. The summed E-state index contributed by atoms with van der Waals surface area (Å²) in [6.45, 7) is 0.820. The number of hydrogen-bond donors (Lipinski definition) is 1. The number of ether oxygens (including phenoxy) is 1. The summed E-state index contributed by atoms with van der Waals surface area (Å²) in [4.78, 5) is 0. The van der Waals surface area contributed by atoms with Crippen LogP contribution in [0.4, 0.5) is 5.69 Å². The molecule has 1 N–H and O–H groups in total. The average Bonchev–Trinajstić information content (AvgIpc) is 2.95. The van der Waals surface area contributed by atoms with Crippen LogP contribution >= 0.6 is 11.8 Å². The van der Waals surface area contributed by atoms with Gasteiger partial charge in [0.05, 0.1) is 12.6 Å². The summed E-state index contributed by atoms with van der Waals surface area (Å²) in [5.41, 5.74) is 5.44. The van der Waals surface area contributed by atoms with Crippen LogP contribution in [0.1, 0.15) is 22.7 Å². The quantitative estimate of drug-likeness (QED) is 0.899. The minimum absolute atomic E-state index is 0.408. The van der Waals surface area contributed by atoms with Crippen molar-refractivity contribution in [1.82, 2.24) is 0 Å². The lowest BCUT2D eigenvalue weighted by atomic mass is 10.0. The summed E-state index contributed by atoms with van der Waals surface area (Å²) in [6.07, 6.45) is 1.03. The van der Waals surface area contributed by atoms with Gasteiger partial charge in [-0.25, -0.2) is 0 Å². The predicted molar refractivity (Wildman–Crippen MR) is 84.6 cm³/mol. The van der Waals surface area contributed by atoms with Crippen LogP contribution < -0.4 is 10.1 Å². The van der Waals surface area contributed by atoms with Crippen molar-refractivity contribution in [3.63, 3.8) is 0 Å². The number of fused-ring (bicyclic) bond motifs is 2. The third kappa shape index (κ3) is 2.16. The molecule has 4 rings (SSSR count). The highest BCUT2D eigenvalue weighted by molar-refractivity contribution is 7.98. The van der Waals surface area contributed by atoms with E-state index in [9.17, 15) is 0 Å². The fourth-order valence-electron chi connectivity index (χ4n) is 2.98. The van der Waals surface area contributed by atoms with Crippen molar-refractivity contribution in [2.24, 2.45) is 0 Å². The number of thioether (sulfide) groups is 1. The standard InChI is InChI=1S/C17H17NOS/c1-2-4-15-13(3-1)10-20-11-16(15)18-14-5-6-17-12(9-14)7-8-19-17/h1-6,9,16,18H,7-8,10-11H2. The second-order valence-electron chi connectivity index (χ2n) is 5.33. The van der Waals surface area contributed by atoms with Crippen molar-refractivity contribution in [2.45, 2.75) is 18.2 Å². The topological polar surface area (TPSA) is 21.3 Å². The molecule has 0 saturated heterocycles. The van der Waals surface area contributed by atoms with Gasteiger partial charge in [-0.15, -0.1) is 0 Å². The Balaban J connectivity index is 1.61. The summed E-state index contributed by atoms with van der Waals surface area (Å²) < 4.78 is 5.57. The second-order valence-corrected chi connectivity index (χ2v) is 6.36. The zero-order chi connectivity index (χ0) is 13.4. The first-order valence-corrected chi connectivity index (χ1v) is 8.23. The number of benzene rings is 2. The molecule has 0 amide bonds. The number of nitrogens with one attached hydrogen (secondary N) is 1. The first kappa shape index (κ1) is 12.2. The predicted octanol–water partition coefficient (Wildman–Crippen LogP) is 4.02. The maximum absolute atomic E-state index is 5.57. The van der Waals surface area contributed by atoms with Crippen LogP contribution in [0.5, 0.6) is 5.75 Å². The minimum Gasteiger partial charge on any atom is -0.493 e. The van der Waals surface area contributed by atoms with E-state index in [1.54, 1.807) is 0 Å². The monoisotopic (exact) mass is 283 g/mol. The Morgan fingerprint density at radius 3 is 3.05 bits per heavy atom. The zero-order valence-corrected chi connectivity index (χ0v) is 12.1. The Morgan fingerprint density at radius 1 is 1.10 bits per heavy atom. The summed E-state index contributed by atoms with van der Waals surface area (Å²) in [7, 11) is 0. The molecular formula is C17H17NOS. The summed E-state index contributed by atoms with van der Waals surface area (Å²) in [6, 6.07) is 15.6. The van der Waals surface area contributed by atoms with Gasteiger partial charge in [0.1, 0.15) is 5.75 Å². The lowest BCUT2D eigenvalue weighted by Gasteiger charge is -2.27. The van der Waals surface area contributed by atoms with Crippen molar-refractivity contribution in [1.29, 1.82) is 0 Å². The molecule has 0 aliphatic carbocycles. The molecule has 0 fully saturated rings. The number of rotatable bonds is 2. The van der Waals surface area contributed by atoms with Crippen molar-refractivity contribution in [3.8, 4) is 5.75 Å². The lowest BCUT2D eigenvalue weighted by molar-refractivity contribution is 0.357. The van der Waals surface area contributed by atoms with E-state index in [-0.39, 0.29) is 0 Å². The van der Waals surface area contributed by atoms with Gasteiger partial charge in [0, 0.05) is 23.6 Å². The average molecular weight is 283 g/mol. The third-order valence-corrected chi connectivity index (χ3v) is 5.09. The van der Waals surface area contributed by atoms with Gasteiger partial charge in [-0.3, -0.25) is 0 Å². The van der Waals surface area contributed by atoms with Crippen LogP contribution in [-0.4, -0.2) is 12.4 Å². The molecule has 2 nitrogen and oxygen atoms in total. The molecule has 0 saturated carbocycles. The zero-order valence-electron chi connectivity index (χ0n) is 11.3. The third-order valence-electron chi connectivity index (χ3n) is 4.00. The van der Waals surface area contributed by atoms with Gasteiger partial charge >= 0.3 is 0 Å². The Labute approximate surface area is 123 Å². The Bertz CT molecular complexity index is 641. The van der Waals surface area contributed by atoms with Crippen LogP contribution in [0, 0.1) is 0 Å². The maximum atomic E-state index is 5.57. The van der Waals surface area contributed by atoms with Gasteiger partial charge in [0.2, 0.25) is 0 Å². The van der Waals surface area contributed by atoms with Gasteiger partial charge < -0.3 is 10.1 Å². The molecular weight excluding hydrogens is 266 g/mol. The van der Waals surface area contributed by atoms with Gasteiger partial charge in [-0.05, 0) is 34.9 Å². The van der Waals surface area contributed by atoms with Gasteiger partial charge in [0.25, 0.3) is 0 Å². The fourth-order valence-corrected chi connectivity index (χ4v) is 4.08. The van der Waals surface area contributed by atoms with Crippen LogP contribution in [0.15, 0.2) is 42.5 Å². The van der Waals surface area contributed by atoms with Crippen molar-refractivity contribution in [2.75, 3.05) is 17.7 Å². The summed E-state index contributed by atoms with van der Waals surface area (Å²) >= 11 is 2.00. The van der Waals surface area contributed by atoms with Gasteiger partial charge in [-0.2, -0.15) is 11.8 Å². The van der Waals surface area contributed by atoms with Crippen LogP contribution in [0.3, 0.4) is 0 Å². The van der Waals surface area contributed by atoms with Crippen LogP contribution in [0.25, 0.3) is 0 Å². The van der Waals surface area contributed by atoms with Crippen molar-refractivity contribution >= 4 is 17.4 Å². The largest absolute Gasteiger partial charge is 0.493 e. The normalized spacial score (nSPS) is 19.9. The van der Waals surface area contributed by atoms with E-state index in [1.165, 1.54) is 22.4 Å². The van der Waals surface area contributed by atoms with E-state index in [1.807, 2.05) is 11.8 Å². The van der Waals surface area contributed by atoms with E-state index in [0.29, 0.717) is 6.04 Å². The van der Waals surface area contributed by atoms with E-state index in [4.69, 9.17) is 4.74 Å². The highest BCUT2D eigenvalue weighted by Crippen LogP contribution is 2.35. The Morgan fingerprint density at radius 2 is 2.05 bits per heavy atom. The highest BCUT2D eigenvalue weighted by atomic mass is 32.2. The highest BCUT2D eigenvalue weighted by Gasteiger charge is 2.20. The molecule has 2 heterocycles. The maximum Gasteiger partial charge on any atom is 0.122 e. The summed E-state index contributed by atoms with van der Waals surface area (Å²) in [5.74, 6) is 3.31. The molecule has 0 aromatic heterocycles. The van der Waals surface area contributed by atoms with E-state index in [2.05, 4.69) is 47.8 Å². The van der Waals surface area contributed by atoms with Crippen LogP contribution in [-0.2, 0) is 12.2 Å². The number of hydrogen-bond acceptors (Lipinski definition) is 3. The fraction of sp³-hybridized carbons (Fsp3) is 0.294. The first-order valence-electron chi connectivity index (χ1n) is 7.08. The molecule has 0 bridgehead atoms. The molecule has 0 radical (unpaired) electrons. The minimum atomic E-state index is 0.408. The first-order chi connectivity index (χ1) is 9.90. The van der Waals surface area contributed by atoms with Crippen LogP contribution in [0.2, 0.25) is 0 Å². The molecule has 2 aromatic rings. The molecule has 1 atom stereocenters. The molecule has 20 heavy (non-hydrogen) atoms. The van der Waals surface area contributed by atoms with Crippen molar-refractivity contribution < 1.29 is 4.74 Å². The molecule has 102 valence electrons. The summed E-state index contributed by atoms with van der Waals surface area (Å²) in [5, 5.41) is 3.69. The molecule has 1 unspecified atom stereocenters. The molecule has 2 aliphatic rings. The molecule has 2 aliphatic heterocycles. The van der Waals surface area contributed by atoms with E-state index >= 15 is 0 Å². The second kappa shape index (κ2) is 5.06. The van der Waals surface area contributed by atoms with Gasteiger partial charge in [0.15, 0.2) is 0 Å². The smallest absolute Gasteiger partial charge is 0.122 e. The molecule has 2 aromatic carbocycles. The molecule has 0 spiro atoms. The SMILES string of the molecule is c1ccc2c(c1)CSCC2Nc1ccc2c(c1)CCO2.